The number of hydrogen-bond donors (Lipinski definition) is 2. The van der Waals surface area contributed by atoms with Crippen molar-refractivity contribution in [2.75, 3.05) is 26.2 Å². The average Bonchev–Trinajstić information content (AvgIpc) is 2.80. The summed E-state index contributed by atoms with van der Waals surface area (Å²) >= 11 is 0. The van der Waals surface area contributed by atoms with Gasteiger partial charge >= 0.3 is 0 Å². The molecule has 1 heterocycles. The van der Waals surface area contributed by atoms with Gasteiger partial charge in [-0.1, -0.05) is 48.9 Å². The third kappa shape index (κ3) is 4.31. The lowest BCUT2D eigenvalue weighted by Gasteiger charge is -2.26. The quantitative estimate of drug-likeness (QED) is 0.892. The Morgan fingerprint density at radius 1 is 1.09 bits per heavy atom. The number of rotatable bonds is 5. The smallest absolute Gasteiger partial charge is 0.0707 e. The van der Waals surface area contributed by atoms with Gasteiger partial charge in [-0.25, -0.2) is 0 Å². The van der Waals surface area contributed by atoms with Gasteiger partial charge in [-0.15, -0.1) is 0 Å². The molecular formula is C20H27NO2. The van der Waals surface area contributed by atoms with E-state index in [2.05, 4.69) is 47.4 Å². The van der Waals surface area contributed by atoms with Crippen molar-refractivity contribution >= 4 is 10.8 Å². The molecule has 1 aliphatic heterocycles. The maximum Gasteiger partial charge on any atom is 0.0707 e. The lowest BCUT2D eigenvalue weighted by molar-refractivity contribution is 0.0977. The van der Waals surface area contributed by atoms with Gasteiger partial charge in [0, 0.05) is 26.1 Å². The Bertz CT molecular complexity index is 623. The zero-order valence-electron chi connectivity index (χ0n) is 13.7. The van der Waals surface area contributed by atoms with Crippen LogP contribution in [0.15, 0.2) is 42.5 Å². The molecule has 1 aliphatic rings. The van der Waals surface area contributed by atoms with Crippen molar-refractivity contribution in [2.45, 2.75) is 31.8 Å². The molecule has 2 unspecified atom stereocenters. The fourth-order valence-electron chi connectivity index (χ4n) is 3.72. The molecule has 0 saturated carbocycles. The van der Waals surface area contributed by atoms with E-state index < -0.39 is 0 Å². The van der Waals surface area contributed by atoms with E-state index in [1.165, 1.54) is 22.8 Å². The molecule has 0 aromatic heterocycles. The summed E-state index contributed by atoms with van der Waals surface area (Å²) in [6.07, 6.45) is 3.77. The van der Waals surface area contributed by atoms with Gasteiger partial charge in [-0.3, -0.25) is 0 Å². The first-order valence-electron chi connectivity index (χ1n) is 8.74. The van der Waals surface area contributed by atoms with E-state index in [1.54, 1.807) is 0 Å². The summed E-state index contributed by atoms with van der Waals surface area (Å²) in [5.74, 6) is 0.363. The van der Waals surface area contributed by atoms with E-state index in [9.17, 15) is 10.2 Å². The summed E-state index contributed by atoms with van der Waals surface area (Å²) < 4.78 is 0. The number of fused-ring (bicyclic) bond motifs is 1. The molecule has 3 rings (SSSR count). The largest absolute Gasteiger partial charge is 0.396 e. The van der Waals surface area contributed by atoms with Gasteiger partial charge < -0.3 is 15.1 Å². The van der Waals surface area contributed by atoms with Crippen molar-refractivity contribution in [1.82, 2.24) is 4.90 Å². The van der Waals surface area contributed by atoms with Gasteiger partial charge in [-0.05, 0) is 41.6 Å². The van der Waals surface area contributed by atoms with Crippen LogP contribution in [0, 0.1) is 5.92 Å². The molecule has 0 amide bonds. The lowest BCUT2D eigenvalue weighted by atomic mass is 9.99. The normalized spacial score (nSPS) is 21.2. The summed E-state index contributed by atoms with van der Waals surface area (Å²) in [5, 5.41) is 22.5. The molecule has 2 aromatic rings. The SMILES string of the molecule is OCC1CCCCN(CC(O)Cc2cccc3ccccc23)C1. The second-order valence-electron chi connectivity index (χ2n) is 6.80. The first-order valence-corrected chi connectivity index (χ1v) is 8.74. The maximum atomic E-state index is 10.6. The molecule has 2 atom stereocenters. The summed E-state index contributed by atoms with van der Waals surface area (Å²) in [6, 6.07) is 14.7. The molecule has 2 N–H and O–H groups in total. The standard InChI is InChI=1S/C20H27NO2/c22-15-16-6-3-4-11-21(13-16)14-19(23)12-18-9-5-8-17-7-1-2-10-20(17)18/h1-2,5,7-10,16,19,22-23H,3-4,6,11-15H2. The molecular weight excluding hydrogens is 286 g/mol. The Morgan fingerprint density at radius 3 is 2.78 bits per heavy atom. The minimum atomic E-state index is -0.363. The molecule has 23 heavy (non-hydrogen) atoms. The van der Waals surface area contributed by atoms with Gasteiger partial charge in [0.05, 0.1) is 6.10 Å². The number of aliphatic hydroxyl groups excluding tert-OH is 2. The fraction of sp³-hybridized carbons (Fsp3) is 0.500. The third-order valence-electron chi connectivity index (χ3n) is 4.92. The minimum Gasteiger partial charge on any atom is -0.396 e. The second-order valence-corrected chi connectivity index (χ2v) is 6.80. The predicted molar refractivity (Wildman–Crippen MR) is 94.5 cm³/mol. The van der Waals surface area contributed by atoms with E-state index in [0.29, 0.717) is 18.9 Å². The zero-order chi connectivity index (χ0) is 16.1. The average molecular weight is 313 g/mol. The van der Waals surface area contributed by atoms with Crippen LogP contribution in [0.4, 0.5) is 0 Å². The topological polar surface area (TPSA) is 43.7 Å². The molecule has 1 fully saturated rings. The number of likely N-dealkylation sites (tertiary alicyclic amines) is 1. The number of aliphatic hydroxyl groups is 2. The van der Waals surface area contributed by atoms with Crippen LogP contribution in [-0.2, 0) is 6.42 Å². The van der Waals surface area contributed by atoms with Gasteiger partial charge in [0.15, 0.2) is 0 Å². The summed E-state index contributed by atoms with van der Waals surface area (Å²) in [6.45, 7) is 2.89. The van der Waals surface area contributed by atoms with Gasteiger partial charge in [-0.2, -0.15) is 0 Å². The number of benzene rings is 2. The molecule has 3 nitrogen and oxygen atoms in total. The van der Waals surface area contributed by atoms with Crippen molar-refractivity contribution in [3.05, 3.63) is 48.0 Å². The molecule has 0 aliphatic carbocycles. The Labute approximate surface area is 138 Å². The molecule has 0 radical (unpaired) electrons. The summed E-state index contributed by atoms with van der Waals surface area (Å²) in [4.78, 5) is 2.32. The summed E-state index contributed by atoms with van der Waals surface area (Å²) in [5.41, 5.74) is 1.21. The van der Waals surface area contributed by atoms with Crippen molar-refractivity contribution in [3.63, 3.8) is 0 Å². The van der Waals surface area contributed by atoms with Crippen LogP contribution in [0.2, 0.25) is 0 Å². The van der Waals surface area contributed by atoms with E-state index >= 15 is 0 Å². The third-order valence-corrected chi connectivity index (χ3v) is 4.92. The monoisotopic (exact) mass is 313 g/mol. The fourth-order valence-corrected chi connectivity index (χ4v) is 3.72. The zero-order valence-corrected chi connectivity index (χ0v) is 13.7. The highest BCUT2D eigenvalue weighted by molar-refractivity contribution is 5.85. The van der Waals surface area contributed by atoms with Crippen LogP contribution in [0.5, 0.6) is 0 Å². The lowest BCUT2D eigenvalue weighted by Crippen LogP contribution is -2.37. The Kier molecular flexibility index (Phi) is 5.65. The van der Waals surface area contributed by atoms with Crippen LogP contribution >= 0.6 is 0 Å². The van der Waals surface area contributed by atoms with Crippen molar-refractivity contribution < 1.29 is 10.2 Å². The first kappa shape index (κ1) is 16.4. The van der Waals surface area contributed by atoms with E-state index in [1.807, 2.05) is 0 Å². The number of nitrogens with zero attached hydrogens (tertiary/aromatic N) is 1. The van der Waals surface area contributed by atoms with E-state index in [4.69, 9.17) is 0 Å². The van der Waals surface area contributed by atoms with Crippen LogP contribution in [-0.4, -0.2) is 47.5 Å². The first-order chi connectivity index (χ1) is 11.3. The molecule has 3 heteroatoms. The van der Waals surface area contributed by atoms with Crippen LogP contribution in [0.1, 0.15) is 24.8 Å². The summed E-state index contributed by atoms with van der Waals surface area (Å²) in [7, 11) is 0. The molecule has 124 valence electrons. The molecule has 0 bridgehead atoms. The number of hydrogen-bond acceptors (Lipinski definition) is 3. The van der Waals surface area contributed by atoms with Crippen molar-refractivity contribution in [2.24, 2.45) is 5.92 Å². The highest BCUT2D eigenvalue weighted by Gasteiger charge is 2.20. The molecule has 0 spiro atoms. The molecule has 2 aromatic carbocycles. The highest BCUT2D eigenvalue weighted by atomic mass is 16.3. The Hall–Kier alpha value is -1.42. The van der Waals surface area contributed by atoms with Crippen molar-refractivity contribution in [1.29, 1.82) is 0 Å². The molecule has 1 saturated heterocycles. The van der Waals surface area contributed by atoms with Gasteiger partial charge in [0.25, 0.3) is 0 Å². The van der Waals surface area contributed by atoms with Crippen LogP contribution in [0.25, 0.3) is 10.8 Å². The Morgan fingerprint density at radius 2 is 1.91 bits per heavy atom. The predicted octanol–water partition coefficient (Wildman–Crippen LogP) is 2.84. The van der Waals surface area contributed by atoms with Gasteiger partial charge in [0.1, 0.15) is 0 Å². The van der Waals surface area contributed by atoms with Gasteiger partial charge in [0.2, 0.25) is 0 Å². The van der Waals surface area contributed by atoms with Crippen LogP contribution < -0.4 is 0 Å². The van der Waals surface area contributed by atoms with Crippen LogP contribution in [0.3, 0.4) is 0 Å². The second kappa shape index (κ2) is 7.91. The van der Waals surface area contributed by atoms with E-state index in [-0.39, 0.29) is 12.7 Å². The maximum absolute atomic E-state index is 10.6. The highest BCUT2D eigenvalue weighted by Crippen LogP contribution is 2.21. The minimum absolute atomic E-state index is 0.260. The number of β-amino-alcohol motifs (C(OH)–C–C–N with tert-alkyl or cyclic N) is 1. The van der Waals surface area contributed by atoms with E-state index in [0.717, 1.165) is 25.9 Å². The van der Waals surface area contributed by atoms with Crippen molar-refractivity contribution in [3.8, 4) is 0 Å². The Balaban J connectivity index is 1.65.